The lowest BCUT2D eigenvalue weighted by Gasteiger charge is -2.38. The molecule has 0 aromatic carbocycles. The van der Waals surface area contributed by atoms with E-state index in [4.69, 9.17) is 7.85 Å². The zero-order valence-corrected chi connectivity index (χ0v) is 23.9. The second-order valence-electron chi connectivity index (χ2n) is 12.2. The molecule has 0 heterocycles. The summed E-state index contributed by atoms with van der Waals surface area (Å²) in [5, 5.41) is 4.15. The summed E-state index contributed by atoms with van der Waals surface area (Å²) in [5.74, 6) is 4.14. The first-order valence-corrected chi connectivity index (χ1v) is 14.3. The fourth-order valence-corrected chi connectivity index (χ4v) is 6.08. The maximum Gasteiger partial charge on any atom is 0.0763 e. The molecule has 1 nitrogen and oxygen atoms in total. The summed E-state index contributed by atoms with van der Waals surface area (Å²) in [6.07, 6.45) is 18.9. The largest absolute Gasteiger partial charge is 0.307 e. The van der Waals surface area contributed by atoms with E-state index in [0.29, 0.717) is 35.8 Å². The van der Waals surface area contributed by atoms with E-state index in [0.717, 1.165) is 24.7 Å². The molecule has 9 unspecified atom stereocenters. The monoisotopic (exact) mass is 463 g/mol. The van der Waals surface area contributed by atoms with Crippen molar-refractivity contribution in [1.29, 1.82) is 0 Å². The SMILES string of the molecule is [B]C1CC(C)=CC=C1CC(C)C(NC1C=CC=C(CC(C)CC(C)CC)C(C)C1C)C(C)CC. The lowest BCUT2D eigenvalue weighted by atomic mass is 9.70. The zero-order valence-electron chi connectivity index (χ0n) is 23.9. The number of hydrogen-bond donors (Lipinski definition) is 1. The topological polar surface area (TPSA) is 12.0 Å². The molecule has 34 heavy (non-hydrogen) atoms. The van der Waals surface area contributed by atoms with Gasteiger partial charge in [-0.25, -0.2) is 0 Å². The molecule has 2 radical (unpaired) electrons. The van der Waals surface area contributed by atoms with Crippen LogP contribution in [-0.4, -0.2) is 19.9 Å². The smallest absolute Gasteiger partial charge is 0.0763 e. The van der Waals surface area contributed by atoms with Gasteiger partial charge < -0.3 is 5.32 Å². The van der Waals surface area contributed by atoms with E-state index in [1.807, 2.05) is 0 Å². The van der Waals surface area contributed by atoms with E-state index in [-0.39, 0.29) is 5.82 Å². The van der Waals surface area contributed by atoms with Crippen LogP contribution < -0.4 is 5.32 Å². The third kappa shape index (κ3) is 8.29. The molecule has 2 aliphatic carbocycles. The molecule has 1 N–H and O–H groups in total. The van der Waals surface area contributed by atoms with Crippen molar-refractivity contribution in [3.05, 3.63) is 47.1 Å². The van der Waals surface area contributed by atoms with Crippen molar-refractivity contribution in [2.75, 3.05) is 0 Å². The van der Waals surface area contributed by atoms with Crippen LogP contribution in [0, 0.1) is 35.5 Å². The standard InChI is InChI=1S/C32H54BN/c1-10-21(3)17-23(5)18-28-13-12-14-31(27(9)26(28)8)34-32(24(6)11-2)25(7)20-29-16-15-22(4)19-30(29)33/h12-16,21,23-27,30-32,34H,10-11,17-20H2,1-9H3. The predicted octanol–water partition coefficient (Wildman–Crippen LogP) is 8.85. The first kappa shape index (κ1) is 29.2. The molecular weight excluding hydrogens is 409 g/mol. The van der Waals surface area contributed by atoms with Gasteiger partial charge >= 0.3 is 0 Å². The quantitative estimate of drug-likeness (QED) is 0.285. The highest BCUT2D eigenvalue weighted by Crippen LogP contribution is 2.36. The lowest BCUT2D eigenvalue weighted by molar-refractivity contribution is 0.226. The van der Waals surface area contributed by atoms with Crippen molar-refractivity contribution in [2.45, 2.75) is 119 Å². The molecule has 2 aliphatic rings. The maximum atomic E-state index is 6.52. The van der Waals surface area contributed by atoms with E-state index < -0.39 is 0 Å². The summed E-state index contributed by atoms with van der Waals surface area (Å²) in [6, 6.07) is 0.895. The minimum atomic E-state index is 0.186. The van der Waals surface area contributed by atoms with Crippen LogP contribution in [0.5, 0.6) is 0 Å². The maximum absolute atomic E-state index is 6.52. The van der Waals surface area contributed by atoms with Gasteiger partial charge in [0.25, 0.3) is 0 Å². The summed E-state index contributed by atoms with van der Waals surface area (Å²) in [7, 11) is 6.52. The van der Waals surface area contributed by atoms with Crippen molar-refractivity contribution in [3.8, 4) is 0 Å². The first-order valence-electron chi connectivity index (χ1n) is 14.3. The summed E-state index contributed by atoms with van der Waals surface area (Å²) < 4.78 is 0. The van der Waals surface area contributed by atoms with Crippen LogP contribution in [0.2, 0.25) is 5.82 Å². The molecule has 0 saturated carbocycles. The highest BCUT2D eigenvalue weighted by molar-refractivity contribution is 6.14. The Morgan fingerprint density at radius 2 is 1.62 bits per heavy atom. The average Bonchev–Trinajstić information content (AvgIpc) is 2.92. The third-order valence-electron chi connectivity index (χ3n) is 9.07. The van der Waals surface area contributed by atoms with E-state index in [1.54, 1.807) is 5.57 Å². The number of allylic oxidation sites excluding steroid dienone is 7. The summed E-state index contributed by atoms with van der Waals surface area (Å²) in [6.45, 7) is 21.4. The minimum Gasteiger partial charge on any atom is -0.307 e. The van der Waals surface area contributed by atoms with Crippen LogP contribution in [0.25, 0.3) is 0 Å². The van der Waals surface area contributed by atoms with Crippen molar-refractivity contribution in [2.24, 2.45) is 35.5 Å². The Labute approximate surface area is 214 Å². The van der Waals surface area contributed by atoms with Gasteiger partial charge in [0.2, 0.25) is 0 Å². The molecule has 0 aliphatic heterocycles. The normalized spacial score (nSPS) is 29.9. The molecule has 0 aromatic rings. The summed E-state index contributed by atoms with van der Waals surface area (Å²) >= 11 is 0. The molecule has 2 rings (SSSR count). The molecule has 0 amide bonds. The first-order chi connectivity index (χ1) is 16.1. The zero-order chi connectivity index (χ0) is 25.4. The van der Waals surface area contributed by atoms with Crippen LogP contribution >= 0.6 is 0 Å². The second kappa shape index (κ2) is 13.9. The molecule has 190 valence electrons. The Morgan fingerprint density at radius 3 is 2.24 bits per heavy atom. The average molecular weight is 464 g/mol. The summed E-state index contributed by atoms with van der Waals surface area (Å²) in [5.41, 5.74) is 4.46. The predicted molar refractivity (Wildman–Crippen MR) is 153 cm³/mol. The lowest BCUT2D eigenvalue weighted by Crippen LogP contribution is -2.48. The Hall–Kier alpha value is -1.02. The third-order valence-corrected chi connectivity index (χ3v) is 9.07. The molecule has 0 aromatic heterocycles. The fraction of sp³-hybridized carbons (Fsp3) is 0.750. The molecule has 0 bridgehead atoms. The molecule has 2 heteroatoms. The fourth-order valence-electron chi connectivity index (χ4n) is 6.08. The molecule has 9 atom stereocenters. The number of hydrogen-bond acceptors (Lipinski definition) is 1. The Morgan fingerprint density at radius 1 is 0.912 bits per heavy atom. The van der Waals surface area contributed by atoms with Crippen molar-refractivity contribution < 1.29 is 0 Å². The molecule has 0 fully saturated rings. The Kier molecular flexibility index (Phi) is 12.0. The highest BCUT2D eigenvalue weighted by atomic mass is 15.0. The van der Waals surface area contributed by atoms with Gasteiger partial charge in [0.15, 0.2) is 0 Å². The molecular formula is C32H54BN. The van der Waals surface area contributed by atoms with Gasteiger partial charge in [-0.15, -0.1) is 0 Å². The second-order valence-corrected chi connectivity index (χ2v) is 12.2. The minimum absolute atomic E-state index is 0.186. The van der Waals surface area contributed by atoms with Gasteiger partial charge in [-0.3, -0.25) is 0 Å². The van der Waals surface area contributed by atoms with Gasteiger partial charge in [-0.2, -0.15) is 0 Å². The van der Waals surface area contributed by atoms with Gasteiger partial charge in [0.1, 0.15) is 0 Å². The molecule has 0 spiro atoms. The van der Waals surface area contributed by atoms with Crippen molar-refractivity contribution in [3.63, 3.8) is 0 Å². The van der Waals surface area contributed by atoms with Crippen molar-refractivity contribution in [1.82, 2.24) is 5.32 Å². The van der Waals surface area contributed by atoms with E-state index in [9.17, 15) is 0 Å². The van der Waals surface area contributed by atoms with E-state index in [2.05, 4.69) is 98.0 Å². The van der Waals surface area contributed by atoms with Crippen LogP contribution in [0.4, 0.5) is 0 Å². The number of nitrogens with one attached hydrogen (secondary N) is 1. The van der Waals surface area contributed by atoms with Gasteiger partial charge in [0, 0.05) is 12.1 Å². The Balaban J connectivity index is 2.08. The van der Waals surface area contributed by atoms with Crippen LogP contribution in [0.1, 0.15) is 101 Å². The molecule has 0 saturated heterocycles. The van der Waals surface area contributed by atoms with Gasteiger partial charge in [-0.05, 0) is 68.1 Å². The van der Waals surface area contributed by atoms with Crippen LogP contribution in [0.3, 0.4) is 0 Å². The van der Waals surface area contributed by atoms with Crippen molar-refractivity contribution >= 4 is 7.85 Å². The van der Waals surface area contributed by atoms with Gasteiger partial charge in [-0.1, -0.05) is 121 Å². The van der Waals surface area contributed by atoms with E-state index >= 15 is 0 Å². The highest BCUT2D eigenvalue weighted by Gasteiger charge is 2.31. The van der Waals surface area contributed by atoms with Gasteiger partial charge in [0.05, 0.1) is 7.85 Å². The Bertz CT molecular complexity index is 744. The summed E-state index contributed by atoms with van der Waals surface area (Å²) in [4.78, 5) is 0. The van der Waals surface area contributed by atoms with Crippen LogP contribution in [0.15, 0.2) is 47.1 Å². The van der Waals surface area contributed by atoms with Crippen LogP contribution in [-0.2, 0) is 0 Å². The number of rotatable bonds is 12. The van der Waals surface area contributed by atoms with E-state index in [1.165, 1.54) is 36.8 Å².